The van der Waals surface area contributed by atoms with E-state index in [1.165, 1.54) is 0 Å². The lowest BCUT2D eigenvalue weighted by Crippen LogP contribution is -2.30. The first-order valence-corrected chi connectivity index (χ1v) is 7.22. The molecule has 0 atom stereocenters. The largest absolute Gasteiger partial charge is 0.354 e. The molecule has 0 aliphatic heterocycles. The molecule has 0 bridgehead atoms. The van der Waals surface area contributed by atoms with Gasteiger partial charge in [0.25, 0.3) is 0 Å². The number of imidazole rings is 1. The summed E-state index contributed by atoms with van der Waals surface area (Å²) >= 11 is 5.93. The molecule has 6 heteroatoms. The topological polar surface area (TPSA) is 59.8 Å². The number of rotatable bonds is 5. The summed E-state index contributed by atoms with van der Waals surface area (Å²) in [4.78, 5) is 20.7. The molecule has 0 unspecified atom stereocenters. The van der Waals surface area contributed by atoms with Crippen molar-refractivity contribution in [2.24, 2.45) is 0 Å². The van der Waals surface area contributed by atoms with E-state index in [9.17, 15) is 4.79 Å². The van der Waals surface area contributed by atoms with Crippen LogP contribution in [0.2, 0.25) is 0 Å². The molecule has 2 heterocycles. The van der Waals surface area contributed by atoms with Crippen LogP contribution < -0.4 is 5.32 Å². The van der Waals surface area contributed by atoms with Crippen LogP contribution in [-0.2, 0) is 17.2 Å². The van der Waals surface area contributed by atoms with Crippen molar-refractivity contribution in [3.05, 3.63) is 23.7 Å². The maximum atomic E-state index is 11.8. The number of aryl methyl sites for hydroxylation is 2. The van der Waals surface area contributed by atoms with Crippen molar-refractivity contribution in [1.82, 2.24) is 19.9 Å². The summed E-state index contributed by atoms with van der Waals surface area (Å²) in [5.74, 6) is 1.08. The molecule has 0 spiro atoms. The number of pyridine rings is 1. The number of nitrogens with zero attached hydrogens (tertiary/aromatic N) is 3. The summed E-state index contributed by atoms with van der Waals surface area (Å²) in [5, 5.41) is 2.88. The van der Waals surface area contributed by atoms with Crippen LogP contribution in [0.25, 0.3) is 11.2 Å². The van der Waals surface area contributed by atoms with E-state index in [-0.39, 0.29) is 11.9 Å². The number of hydrogen-bond acceptors (Lipinski definition) is 3. The molecule has 0 saturated carbocycles. The van der Waals surface area contributed by atoms with E-state index >= 15 is 0 Å². The summed E-state index contributed by atoms with van der Waals surface area (Å²) < 4.78 is 1.93. The van der Waals surface area contributed by atoms with E-state index in [0.717, 1.165) is 22.7 Å². The number of hydrogen-bond donors (Lipinski definition) is 1. The van der Waals surface area contributed by atoms with Crippen molar-refractivity contribution >= 4 is 28.7 Å². The number of carbonyl (C=O) groups excluding carboxylic acids is 1. The van der Waals surface area contributed by atoms with E-state index in [1.54, 1.807) is 0 Å². The zero-order valence-corrected chi connectivity index (χ0v) is 12.7. The van der Waals surface area contributed by atoms with E-state index < -0.39 is 0 Å². The molecule has 2 aromatic rings. The second kappa shape index (κ2) is 6.22. The third-order valence-corrected chi connectivity index (χ3v) is 3.18. The van der Waals surface area contributed by atoms with Crippen molar-refractivity contribution < 1.29 is 4.79 Å². The molecule has 0 radical (unpaired) electrons. The van der Waals surface area contributed by atoms with Gasteiger partial charge in [-0.15, -0.1) is 11.6 Å². The zero-order chi connectivity index (χ0) is 14.7. The lowest BCUT2D eigenvalue weighted by Gasteiger charge is -2.10. The summed E-state index contributed by atoms with van der Waals surface area (Å²) in [6, 6.07) is 4.00. The van der Waals surface area contributed by atoms with Gasteiger partial charge in [0.05, 0.1) is 5.88 Å². The summed E-state index contributed by atoms with van der Waals surface area (Å²) in [7, 11) is 0. The molecule has 0 aliphatic carbocycles. The van der Waals surface area contributed by atoms with Crippen LogP contribution in [0.3, 0.4) is 0 Å². The Morgan fingerprint density at radius 2 is 2.15 bits per heavy atom. The van der Waals surface area contributed by atoms with Gasteiger partial charge in [-0.2, -0.15) is 0 Å². The maximum absolute atomic E-state index is 11.8. The number of carbonyl (C=O) groups is 1. The maximum Gasteiger partial charge on any atom is 0.221 e. The van der Waals surface area contributed by atoms with Gasteiger partial charge in [-0.25, -0.2) is 9.97 Å². The molecule has 0 aromatic carbocycles. The lowest BCUT2D eigenvalue weighted by molar-refractivity contribution is -0.121. The predicted octanol–water partition coefficient (Wildman–Crippen LogP) is 2.39. The monoisotopic (exact) mass is 294 g/mol. The number of amides is 1. The van der Waals surface area contributed by atoms with E-state index in [4.69, 9.17) is 11.6 Å². The van der Waals surface area contributed by atoms with Crippen LogP contribution in [0.15, 0.2) is 12.1 Å². The highest BCUT2D eigenvalue weighted by Gasteiger charge is 2.13. The van der Waals surface area contributed by atoms with Crippen LogP contribution in [0.5, 0.6) is 0 Å². The molecular formula is C14H19ClN4O. The van der Waals surface area contributed by atoms with Gasteiger partial charge < -0.3 is 9.88 Å². The first-order valence-electron chi connectivity index (χ1n) is 6.69. The van der Waals surface area contributed by atoms with Crippen molar-refractivity contribution in [2.45, 2.75) is 45.7 Å². The molecular weight excluding hydrogens is 276 g/mol. The molecule has 0 saturated heterocycles. The highest BCUT2D eigenvalue weighted by atomic mass is 35.5. The third-order valence-electron chi connectivity index (χ3n) is 2.94. The second-order valence-electron chi connectivity index (χ2n) is 5.08. The second-order valence-corrected chi connectivity index (χ2v) is 5.35. The summed E-state index contributed by atoms with van der Waals surface area (Å²) in [6.07, 6.45) is 0.392. The molecule has 1 amide bonds. The minimum absolute atomic E-state index is 0.0232. The quantitative estimate of drug-likeness (QED) is 0.862. The van der Waals surface area contributed by atoms with Gasteiger partial charge in [0.15, 0.2) is 5.65 Å². The van der Waals surface area contributed by atoms with Crippen LogP contribution in [0.4, 0.5) is 0 Å². The molecule has 0 fully saturated rings. The minimum atomic E-state index is 0.0232. The first-order chi connectivity index (χ1) is 9.51. The third kappa shape index (κ3) is 3.28. The van der Waals surface area contributed by atoms with E-state index in [1.807, 2.05) is 37.5 Å². The van der Waals surface area contributed by atoms with Gasteiger partial charge in [0, 0.05) is 24.7 Å². The Morgan fingerprint density at radius 3 is 2.80 bits per heavy atom. The highest BCUT2D eigenvalue weighted by molar-refractivity contribution is 6.16. The number of aromatic nitrogens is 3. The molecule has 0 aliphatic rings. The van der Waals surface area contributed by atoms with Gasteiger partial charge in [0.1, 0.15) is 11.3 Å². The normalized spacial score (nSPS) is 11.2. The Morgan fingerprint density at radius 1 is 1.40 bits per heavy atom. The fourth-order valence-electron chi connectivity index (χ4n) is 2.09. The summed E-state index contributed by atoms with van der Waals surface area (Å²) in [5.41, 5.74) is 2.53. The standard InChI is InChI=1S/C14H19ClN4O/c1-9(2)16-13(20)6-7-19-12(8-15)18-11-5-4-10(3)17-14(11)19/h4-5,9H,6-8H2,1-3H3,(H,16,20). The van der Waals surface area contributed by atoms with Gasteiger partial charge >= 0.3 is 0 Å². The van der Waals surface area contributed by atoms with Crippen molar-refractivity contribution in [1.29, 1.82) is 0 Å². The van der Waals surface area contributed by atoms with Gasteiger partial charge in [-0.3, -0.25) is 4.79 Å². The number of fused-ring (bicyclic) bond motifs is 1. The number of nitrogens with one attached hydrogen (secondary N) is 1. The highest BCUT2D eigenvalue weighted by Crippen LogP contribution is 2.16. The van der Waals surface area contributed by atoms with Gasteiger partial charge in [-0.1, -0.05) is 0 Å². The fourth-order valence-corrected chi connectivity index (χ4v) is 2.29. The Kier molecular flexibility index (Phi) is 4.60. The van der Waals surface area contributed by atoms with Crippen molar-refractivity contribution in [2.75, 3.05) is 0 Å². The SMILES string of the molecule is Cc1ccc2nc(CCl)n(CCC(=O)NC(C)C)c2n1. The van der Waals surface area contributed by atoms with Crippen LogP contribution in [-0.4, -0.2) is 26.5 Å². The van der Waals surface area contributed by atoms with Gasteiger partial charge in [-0.05, 0) is 32.9 Å². The molecule has 108 valence electrons. The van der Waals surface area contributed by atoms with Crippen LogP contribution in [0, 0.1) is 6.92 Å². The Bertz CT molecular complexity index is 621. The Hall–Kier alpha value is -1.62. The van der Waals surface area contributed by atoms with Gasteiger partial charge in [0.2, 0.25) is 5.91 Å². The smallest absolute Gasteiger partial charge is 0.221 e. The lowest BCUT2D eigenvalue weighted by atomic mass is 10.3. The fraction of sp³-hybridized carbons (Fsp3) is 0.500. The molecule has 5 nitrogen and oxygen atoms in total. The first kappa shape index (κ1) is 14.8. The molecule has 2 aromatic heterocycles. The molecule has 20 heavy (non-hydrogen) atoms. The molecule has 1 N–H and O–H groups in total. The number of halogens is 1. The van der Waals surface area contributed by atoms with E-state index in [2.05, 4.69) is 15.3 Å². The zero-order valence-electron chi connectivity index (χ0n) is 12.0. The Labute approximate surface area is 123 Å². The average Bonchev–Trinajstić information content (AvgIpc) is 2.72. The van der Waals surface area contributed by atoms with Crippen LogP contribution in [0.1, 0.15) is 31.8 Å². The minimum Gasteiger partial charge on any atom is -0.354 e. The van der Waals surface area contributed by atoms with Crippen molar-refractivity contribution in [3.63, 3.8) is 0 Å². The van der Waals surface area contributed by atoms with E-state index in [0.29, 0.717) is 18.8 Å². The predicted molar refractivity (Wildman–Crippen MR) is 79.7 cm³/mol. The average molecular weight is 295 g/mol. The summed E-state index contributed by atoms with van der Waals surface area (Å²) in [6.45, 7) is 6.36. The molecule has 2 rings (SSSR count). The van der Waals surface area contributed by atoms with Crippen LogP contribution >= 0.6 is 11.6 Å². The van der Waals surface area contributed by atoms with Crippen molar-refractivity contribution in [3.8, 4) is 0 Å². The number of alkyl halides is 1. The Balaban J connectivity index is 2.23.